The molecule has 0 saturated heterocycles. The number of allylic oxidation sites excluding steroid dienone is 1. The standard InChI is InChI=1S/C15H23N3/c1-18(2)17-9-14(8-16)15-12-4-10-3-11(6-12)7-13(15)5-10/h9-13,15,17H,3-7H2,1-2H3/b14-9+. The molecule has 4 aliphatic rings. The van der Waals surface area contributed by atoms with Gasteiger partial charge in [-0.2, -0.15) is 5.26 Å². The first-order valence-corrected chi connectivity index (χ1v) is 7.21. The zero-order chi connectivity index (χ0) is 12.7. The maximum Gasteiger partial charge on any atom is 0.0966 e. The quantitative estimate of drug-likeness (QED) is 0.613. The van der Waals surface area contributed by atoms with Crippen molar-refractivity contribution in [1.82, 2.24) is 10.4 Å². The highest BCUT2D eigenvalue weighted by Gasteiger charge is 2.49. The first kappa shape index (κ1) is 12.0. The van der Waals surface area contributed by atoms with Crippen LogP contribution in [-0.4, -0.2) is 19.1 Å². The number of hydrazine groups is 1. The maximum absolute atomic E-state index is 9.45. The van der Waals surface area contributed by atoms with Crippen LogP contribution in [0.25, 0.3) is 0 Å². The molecule has 0 unspecified atom stereocenters. The largest absolute Gasteiger partial charge is 0.326 e. The lowest BCUT2D eigenvalue weighted by Crippen LogP contribution is -2.45. The number of rotatable bonds is 3. The normalized spacial score (nSPS) is 42.1. The Bertz CT molecular complexity index is 363. The summed E-state index contributed by atoms with van der Waals surface area (Å²) in [5.41, 5.74) is 4.14. The summed E-state index contributed by atoms with van der Waals surface area (Å²) in [6.45, 7) is 0. The molecule has 0 heterocycles. The Labute approximate surface area is 110 Å². The van der Waals surface area contributed by atoms with Crippen molar-refractivity contribution in [2.75, 3.05) is 14.1 Å². The molecule has 0 atom stereocenters. The monoisotopic (exact) mass is 245 g/mol. The third kappa shape index (κ3) is 2.03. The molecule has 4 rings (SSSR count). The molecule has 0 aliphatic heterocycles. The molecule has 4 aliphatic carbocycles. The number of nitrogens with zero attached hydrogens (tertiary/aromatic N) is 2. The third-order valence-corrected chi connectivity index (χ3v) is 5.19. The van der Waals surface area contributed by atoms with Crippen LogP contribution in [0.3, 0.4) is 0 Å². The van der Waals surface area contributed by atoms with E-state index in [1.165, 1.54) is 32.1 Å². The molecule has 4 saturated carbocycles. The van der Waals surface area contributed by atoms with Crippen LogP contribution in [0, 0.1) is 40.9 Å². The van der Waals surface area contributed by atoms with Gasteiger partial charge in [0.25, 0.3) is 0 Å². The van der Waals surface area contributed by atoms with Gasteiger partial charge >= 0.3 is 0 Å². The van der Waals surface area contributed by atoms with Gasteiger partial charge in [0.05, 0.1) is 11.6 Å². The van der Waals surface area contributed by atoms with Gasteiger partial charge in [-0.15, -0.1) is 0 Å². The van der Waals surface area contributed by atoms with Gasteiger partial charge < -0.3 is 5.43 Å². The van der Waals surface area contributed by atoms with Crippen LogP contribution < -0.4 is 5.43 Å². The lowest BCUT2D eigenvalue weighted by atomic mass is 9.51. The summed E-state index contributed by atoms with van der Waals surface area (Å²) in [4.78, 5) is 0. The lowest BCUT2D eigenvalue weighted by Gasteiger charge is -2.54. The molecule has 3 heteroatoms. The van der Waals surface area contributed by atoms with Crippen molar-refractivity contribution in [2.24, 2.45) is 29.6 Å². The number of nitriles is 1. The van der Waals surface area contributed by atoms with Crippen LogP contribution in [0.1, 0.15) is 32.1 Å². The Balaban J connectivity index is 1.79. The molecule has 0 aromatic heterocycles. The third-order valence-electron chi connectivity index (χ3n) is 5.19. The fourth-order valence-electron chi connectivity index (χ4n) is 4.83. The van der Waals surface area contributed by atoms with Crippen molar-refractivity contribution in [3.8, 4) is 6.07 Å². The van der Waals surface area contributed by atoms with Crippen LogP contribution in [0.15, 0.2) is 11.8 Å². The molecule has 0 radical (unpaired) electrons. The van der Waals surface area contributed by atoms with Gasteiger partial charge in [-0.1, -0.05) is 0 Å². The van der Waals surface area contributed by atoms with Crippen molar-refractivity contribution >= 4 is 0 Å². The highest BCUT2D eigenvalue weighted by Crippen LogP contribution is 2.58. The lowest BCUT2D eigenvalue weighted by molar-refractivity contribution is -0.0194. The Kier molecular flexibility index (Phi) is 3.07. The molecular formula is C15H23N3. The summed E-state index contributed by atoms with van der Waals surface area (Å²) in [6.07, 6.45) is 8.91. The second kappa shape index (κ2) is 4.59. The summed E-state index contributed by atoms with van der Waals surface area (Å²) < 4.78 is 0. The summed E-state index contributed by atoms with van der Waals surface area (Å²) in [5, 5.41) is 11.3. The van der Waals surface area contributed by atoms with Crippen molar-refractivity contribution in [2.45, 2.75) is 32.1 Å². The van der Waals surface area contributed by atoms with Crippen LogP contribution in [-0.2, 0) is 0 Å². The number of hydrogen-bond donors (Lipinski definition) is 1. The predicted molar refractivity (Wildman–Crippen MR) is 71.1 cm³/mol. The van der Waals surface area contributed by atoms with Crippen molar-refractivity contribution in [3.63, 3.8) is 0 Å². The molecule has 4 bridgehead atoms. The summed E-state index contributed by atoms with van der Waals surface area (Å²) in [5.74, 6) is 4.07. The second-order valence-electron chi connectivity index (χ2n) is 6.69. The van der Waals surface area contributed by atoms with Crippen molar-refractivity contribution in [3.05, 3.63) is 11.8 Å². The topological polar surface area (TPSA) is 39.1 Å². The van der Waals surface area contributed by atoms with E-state index in [4.69, 9.17) is 0 Å². The molecule has 18 heavy (non-hydrogen) atoms. The summed E-state index contributed by atoms with van der Waals surface area (Å²) in [6, 6.07) is 2.46. The highest BCUT2D eigenvalue weighted by atomic mass is 15.5. The van der Waals surface area contributed by atoms with Gasteiger partial charge in [-0.3, -0.25) is 0 Å². The van der Waals surface area contributed by atoms with Gasteiger partial charge in [-0.05, 0) is 55.8 Å². The Hall–Kier alpha value is -1.01. The first-order chi connectivity index (χ1) is 8.67. The van der Waals surface area contributed by atoms with Crippen molar-refractivity contribution in [1.29, 1.82) is 5.26 Å². The number of hydrogen-bond acceptors (Lipinski definition) is 3. The molecule has 3 nitrogen and oxygen atoms in total. The van der Waals surface area contributed by atoms with Crippen LogP contribution >= 0.6 is 0 Å². The van der Waals surface area contributed by atoms with Gasteiger partial charge in [0.2, 0.25) is 0 Å². The van der Waals surface area contributed by atoms with E-state index in [-0.39, 0.29) is 0 Å². The molecule has 0 amide bonds. The zero-order valence-corrected chi connectivity index (χ0v) is 11.4. The fraction of sp³-hybridized carbons (Fsp3) is 0.800. The summed E-state index contributed by atoms with van der Waals surface area (Å²) >= 11 is 0. The van der Waals surface area contributed by atoms with Gasteiger partial charge in [-0.25, -0.2) is 5.01 Å². The Morgan fingerprint density at radius 1 is 1.11 bits per heavy atom. The van der Waals surface area contributed by atoms with E-state index in [0.29, 0.717) is 5.92 Å². The molecule has 0 aromatic carbocycles. The van der Waals surface area contributed by atoms with Gasteiger partial charge in [0.1, 0.15) is 0 Å². The minimum Gasteiger partial charge on any atom is -0.326 e. The van der Waals surface area contributed by atoms with Crippen molar-refractivity contribution < 1.29 is 0 Å². The first-order valence-electron chi connectivity index (χ1n) is 7.21. The van der Waals surface area contributed by atoms with E-state index >= 15 is 0 Å². The van der Waals surface area contributed by atoms with E-state index in [2.05, 4.69) is 11.5 Å². The van der Waals surface area contributed by atoms with Crippen LogP contribution in [0.4, 0.5) is 0 Å². The zero-order valence-electron chi connectivity index (χ0n) is 11.4. The van der Waals surface area contributed by atoms with E-state index in [0.717, 1.165) is 29.2 Å². The van der Waals surface area contributed by atoms with Gasteiger partial charge in [0.15, 0.2) is 0 Å². The molecule has 0 aromatic rings. The predicted octanol–water partition coefficient (Wildman–Crippen LogP) is 2.53. The fourth-order valence-corrected chi connectivity index (χ4v) is 4.83. The average Bonchev–Trinajstić information content (AvgIpc) is 2.31. The Morgan fingerprint density at radius 2 is 1.67 bits per heavy atom. The smallest absolute Gasteiger partial charge is 0.0966 e. The maximum atomic E-state index is 9.45. The van der Waals surface area contributed by atoms with E-state index in [1.54, 1.807) is 0 Å². The molecule has 1 N–H and O–H groups in total. The molecular weight excluding hydrogens is 222 g/mol. The highest BCUT2D eigenvalue weighted by molar-refractivity contribution is 5.27. The molecule has 4 fully saturated rings. The van der Waals surface area contributed by atoms with E-state index < -0.39 is 0 Å². The minimum atomic E-state index is 0.537. The van der Waals surface area contributed by atoms with Crippen LogP contribution in [0.5, 0.6) is 0 Å². The molecule has 0 spiro atoms. The summed E-state index contributed by atoms with van der Waals surface area (Å²) in [7, 11) is 3.92. The SMILES string of the molecule is CN(C)N/C=C(\C#N)C1C2CC3CC(C2)CC1C3. The number of nitrogens with one attached hydrogen (secondary N) is 1. The Morgan fingerprint density at radius 3 is 2.11 bits per heavy atom. The van der Waals surface area contributed by atoms with Gasteiger partial charge in [0, 0.05) is 26.2 Å². The second-order valence-corrected chi connectivity index (χ2v) is 6.69. The average molecular weight is 245 g/mol. The van der Waals surface area contributed by atoms with E-state index in [9.17, 15) is 5.26 Å². The minimum absolute atomic E-state index is 0.537. The van der Waals surface area contributed by atoms with Crippen LogP contribution in [0.2, 0.25) is 0 Å². The molecule has 98 valence electrons. The van der Waals surface area contributed by atoms with E-state index in [1.807, 2.05) is 25.3 Å².